The molecular formula is C24H25N3O8. The Morgan fingerprint density at radius 2 is 1.89 bits per heavy atom. The van der Waals surface area contributed by atoms with Gasteiger partial charge in [0, 0.05) is 6.20 Å². The second-order valence-electron chi connectivity index (χ2n) is 7.32. The van der Waals surface area contributed by atoms with E-state index in [1.54, 1.807) is 24.3 Å². The van der Waals surface area contributed by atoms with Gasteiger partial charge in [-0.1, -0.05) is 30.4 Å². The van der Waals surface area contributed by atoms with Crippen LogP contribution in [0.3, 0.4) is 0 Å². The first kappa shape index (κ1) is 25.6. The first-order valence-corrected chi connectivity index (χ1v) is 10.5. The Kier molecular flexibility index (Phi) is 8.31. The number of carbonyl (C=O) groups is 2. The van der Waals surface area contributed by atoms with Crippen molar-refractivity contribution < 1.29 is 33.6 Å². The van der Waals surface area contributed by atoms with E-state index in [9.17, 15) is 14.4 Å². The number of hydrogen-bond acceptors (Lipinski definition) is 9. The zero-order valence-corrected chi connectivity index (χ0v) is 18.8. The summed E-state index contributed by atoms with van der Waals surface area (Å²) in [6.45, 7) is 10.5. The third-order valence-corrected chi connectivity index (χ3v) is 5.12. The number of rotatable bonds is 10. The number of benzene rings is 1. The fourth-order valence-electron chi connectivity index (χ4n) is 3.03. The molecule has 2 aromatic rings. The Bertz CT molecular complexity index is 1140. The number of hydrogen-bond donors (Lipinski definition) is 2. The molecule has 0 radical (unpaired) electrons. The number of aromatic nitrogens is 2. The summed E-state index contributed by atoms with van der Waals surface area (Å²) in [5, 5.41) is 11.4. The van der Waals surface area contributed by atoms with Crippen molar-refractivity contribution in [2.24, 2.45) is 5.41 Å². The maximum Gasteiger partial charge on any atom is 0.413 e. The van der Waals surface area contributed by atoms with Crippen molar-refractivity contribution in [3.63, 3.8) is 0 Å². The summed E-state index contributed by atoms with van der Waals surface area (Å²) in [6, 6.07) is 7.74. The van der Waals surface area contributed by atoms with Crippen LogP contribution >= 0.6 is 0 Å². The number of nitrogens with zero attached hydrogens (tertiary/aromatic N) is 2. The lowest BCUT2D eigenvalue weighted by Gasteiger charge is -2.19. The number of carbonyl (C=O) groups excluding carboxylic acids is 2. The number of aliphatic hydroxyl groups is 1. The number of esters is 1. The maximum atomic E-state index is 12.4. The fraction of sp³-hybridized carbons (Fsp3) is 0.250. The van der Waals surface area contributed by atoms with Crippen LogP contribution in [0.2, 0.25) is 0 Å². The minimum absolute atomic E-state index is 0.00808. The molecule has 1 fully saturated rings. The Morgan fingerprint density at radius 3 is 2.46 bits per heavy atom. The van der Waals surface area contributed by atoms with E-state index in [0.29, 0.717) is 5.56 Å². The number of amides is 1. The van der Waals surface area contributed by atoms with Crippen molar-refractivity contribution in [1.82, 2.24) is 9.55 Å². The third kappa shape index (κ3) is 6.09. The fourth-order valence-corrected chi connectivity index (χ4v) is 3.03. The van der Waals surface area contributed by atoms with Gasteiger partial charge in [-0.25, -0.2) is 9.59 Å². The number of aliphatic hydroxyl groups excluding tert-OH is 1. The van der Waals surface area contributed by atoms with Gasteiger partial charge in [0.05, 0.1) is 13.2 Å². The van der Waals surface area contributed by atoms with Crippen LogP contribution in [-0.2, 0) is 25.6 Å². The summed E-state index contributed by atoms with van der Waals surface area (Å²) in [5.41, 5.74) is -1.25. The van der Waals surface area contributed by atoms with Crippen molar-refractivity contribution in [3.05, 3.63) is 90.5 Å². The van der Waals surface area contributed by atoms with Gasteiger partial charge in [0.2, 0.25) is 0 Å². The molecule has 0 spiro atoms. The first-order valence-electron chi connectivity index (χ1n) is 10.5. The summed E-state index contributed by atoms with van der Waals surface area (Å²) < 4.78 is 22.2. The molecule has 1 aromatic heterocycles. The zero-order chi connectivity index (χ0) is 25.4. The highest BCUT2D eigenvalue weighted by Gasteiger charge is 2.31. The summed E-state index contributed by atoms with van der Waals surface area (Å²) in [4.78, 5) is 40.5. The molecular weight excluding hydrogens is 458 g/mol. The Balaban J connectivity index is 1.52. The van der Waals surface area contributed by atoms with E-state index in [1.807, 2.05) is 0 Å². The molecule has 11 nitrogen and oxygen atoms in total. The van der Waals surface area contributed by atoms with E-state index >= 15 is 0 Å². The van der Waals surface area contributed by atoms with Crippen molar-refractivity contribution in [3.8, 4) is 5.75 Å². The van der Waals surface area contributed by atoms with Crippen LogP contribution in [0.15, 0.2) is 79.3 Å². The van der Waals surface area contributed by atoms with Crippen LogP contribution < -0.4 is 15.7 Å². The number of nitrogens with one attached hydrogen (secondary N) is 1. The van der Waals surface area contributed by atoms with Gasteiger partial charge in [0.1, 0.15) is 23.6 Å². The predicted molar refractivity (Wildman–Crippen MR) is 124 cm³/mol. The summed E-state index contributed by atoms with van der Waals surface area (Å²) >= 11 is 0. The molecule has 0 unspecified atom stereocenters. The summed E-state index contributed by atoms with van der Waals surface area (Å²) in [7, 11) is 0. The lowest BCUT2D eigenvalue weighted by molar-refractivity contribution is -0.138. The Hall–Kier alpha value is -4.06. The quantitative estimate of drug-likeness (QED) is 0.296. The summed E-state index contributed by atoms with van der Waals surface area (Å²) in [6.07, 6.45) is 3.19. The van der Waals surface area contributed by atoms with Crippen molar-refractivity contribution in [2.45, 2.75) is 19.1 Å². The predicted octanol–water partition coefficient (Wildman–Crippen LogP) is 2.31. The molecule has 1 aliphatic heterocycles. The molecule has 2 heterocycles. The molecule has 184 valence electrons. The third-order valence-electron chi connectivity index (χ3n) is 5.12. The van der Waals surface area contributed by atoms with E-state index in [0.717, 1.165) is 0 Å². The van der Waals surface area contributed by atoms with E-state index < -0.39 is 35.7 Å². The molecule has 3 rings (SSSR count). The largest absolute Gasteiger partial charge is 0.444 e. The van der Waals surface area contributed by atoms with E-state index in [-0.39, 0.29) is 31.4 Å². The van der Waals surface area contributed by atoms with Crippen LogP contribution in [0, 0.1) is 5.41 Å². The van der Waals surface area contributed by atoms with Crippen LogP contribution in [0.4, 0.5) is 10.6 Å². The topological polar surface area (TPSA) is 138 Å². The highest BCUT2D eigenvalue weighted by Crippen LogP contribution is 2.25. The Labute approximate surface area is 200 Å². The van der Waals surface area contributed by atoms with Gasteiger partial charge < -0.3 is 24.1 Å². The van der Waals surface area contributed by atoms with Crippen molar-refractivity contribution in [1.29, 1.82) is 0 Å². The molecule has 1 saturated heterocycles. The van der Waals surface area contributed by atoms with E-state index in [4.69, 9.17) is 24.1 Å². The zero-order valence-electron chi connectivity index (χ0n) is 18.8. The van der Waals surface area contributed by atoms with Gasteiger partial charge in [-0.15, -0.1) is 19.7 Å². The second kappa shape index (κ2) is 11.4. The highest BCUT2D eigenvalue weighted by molar-refractivity contribution is 5.85. The molecule has 0 bridgehead atoms. The average Bonchev–Trinajstić information content (AvgIpc) is 3.34. The van der Waals surface area contributed by atoms with Gasteiger partial charge in [-0.05, 0) is 23.8 Å². The lowest BCUT2D eigenvalue weighted by atomic mass is 9.89. The van der Waals surface area contributed by atoms with Crippen molar-refractivity contribution >= 4 is 17.9 Å². The SMILES string of the molecule is C=CC(C=C)(C=C)C(=O)Oc1ccc(COC(=O)Nc2ccn([C@@H]3CO[C@H](CO)O3)c(=O)n2)cc1. The molecule has 35 heavy (non-hydrogen) atoms. The smallest absolute Gasteiger partial charge is 0.413 e. The minimum atomic E-state index is -1.20. The lowest BCUT2D eigenvalue weighted by Crippen LogP contribution is -2.29. The van der Waals surface area contributed by atoms with Crippen LogP contribution in [-0.4, -0.2) is 46.2 Å². The number of anilines is 1. The van der Waals surface area contributed by atoms with Crippen LogP contribution in [0.1, 0.15) is 11.8 Å². The molecule has 1 amide bonds. The van der Waals surface area contributed by atoms with Gasteiger partial charge >= 0.3 is 17.8 Å². The van der Waals surface area contributed by atoms with E-state index in [2.05, 4.69) is 30.0 Å². The minimum Gasteiger partial charge on any atom is -0.444 e. The first-order chi connectivity index (χ1) is 16.8. The molecule has 2 N–H and O–H groups in total. The number of ether oxygens (including phenoxy) is 4. The Morgan fingerprint density at radius 1 is 1.20 bits per heavy atom. The van der Waals surface area contributed by atoms with E-state index in [1.165, 1.54) is 35.1 Å². The maximum absolute atomic E-state index is 12.4. The molecule has 1 aromatic carbocycles. The van der Waals surface area contributed by atoms with Crippen LogP contribution in [0.25, 0.3) is 0 Å². The normalized spacial score (nSPS) is 17.3. The summed E-state index contributed by atoms with van der Waals surface area (Å²) in [5.74, 6) is -0.327. The van der Waals surface area contributed by atoms with Crippen LogP contribution in [0.5, 0.6) is 5.75 Å². The van der Waals surface area contributed by atoms with Gasteiger partial charge in [-0.2, -0.15) is 4.98 Å². The molecule has 11 heteroatoms. The van der Waals surface area contributed by atoms with Crippen molar-refractivity contribution in [2.75, 3.05) is 18.5 Å². The average molecular weight is 483 g/mol. The second-order valence-corrected chi connectivity index (χ2v) is 7.32. The van der Waals surface area contributed by atoms with Gasteiger partial charge in [0.25, 0.3) is 0 Å². The molecule has 2 atom stereocenters. The van der Waals surface area contributed by atoms with Gasteiger partial charge in [0.15, 0.2) is 12.5 Å². The highest BCUT2D eigenvalue weighted by atomic mass is 16.7. The monoisotopic (exact) mass is 483 g/mol. The standard InChI is InChI=1S/C24H25N3O8/c1-4-24(5-2,6-3)21(29)34-17-9-7-16(8-10-17)14-33-23(31)26-18-11-12-27(22(30)25-18)19-15-32-20(13-28)35-19/h4-12,19-20,28H,1-3,13-15H2,(H,25,26,30,31)/t19-,20-/m0/s1. The molecule has 0 aliphatic carbocycles. The molecule has 1 aliphatic rings. The van der Waals surface area contributed by atoms with Gasteiger partial charge in [-0.3, -0.25) is 14.7 Å². The molecule has 0 saturated carbocycles.